The number of nitrogens with two attached hydrogens (primary N) is 1. The molecule has 0 unspecified atom stereocenters. The Morgan fingerprint density at radius 2 is 1.95 bits per heavy atom. The highest BCUT2D eigenvalue weighted by atomic mass is 19.1. The number of hydrogen-bond acceptors (Lipinski definition) is 3. The maximum absolute atomic E-state index is 12.9. The Morgan fingerprint density at radius 3 is 2.55 bits per heavy atom. The van der Waals surface area contributed by atoms with E-state index in [1.807, 2.05) is 0 Å². The maximum Gasteiger partial charge on any atom is 0.262 e. The van der Waals surface area contributed by atoms with E-state index < -0.39 is 0 Å². The molecule has 20 heavy (non-hydrogen) atoms. The van der Waals surface area contributed by atoms with Crippen molar-refractivity contribution in [2.45, 2.75) is 13.5 Å². The number of oxime groups is 1. The van der Waals surface area contributed by atoms with Crippen LogP contribution in [0, 0.1) is 12.7 Å². The molecule has 0 aliphatic heterocycles. The van der Waals surface area contributed by atoms with Gasteiger partial charge in [-0.25, -0.2) is 4.39 Å². The first kappa shape index (κ1) is 13.8. The maximum atomic E-state index is 12.9. The molecule has 0 amide bonds. The number of pyridine rings is 1. The first-order valence-electron chi connectivity index (χ1n) is 5.95. The minimum absolute atomic E-state index is 0.125. The monoisotopic (exact) mass is 275 g/mol. The highest BCUT2D eigenvalue weighted by Gasteiger charge is 2.10. The van der Waals surface area contributed by atoms with E-state index >= 15 is 0 Å². The first-order chi connectivity index (χ1) is 9.52. The largest absolute Gasteiger partial charge is 0.409 e. The van der Waals surface area contributed by atoms with Gasteiger partial charge in [0.15, 0.2) is 5.84 Å². The van der Waals surface area contributed by atoms with Gasteiger partial charge in [0.2, 0.25) is 0 Å². The minimum atomic E-state index is -0.357. The van der Waals surface area contributed by atoms with Gasteiger partial charge in [-0.2, -0.15) is 0 Å². The lowest BCUT2D eigenvalue weighted by Crippen LogP contribution is -2.31. The molecule has 1 aromatic heterocycles. The summed E-state index contributed by atoms with van der Waals surface area (Å²) in [5, 5.41) is 11.5. The summed E-state index contributed by atoms with van der Waals surface area (Å²) in [6.45, 7) is 2.07. The number of halogens is 1. The van der Waals surface area contributed by atoms with E-state index in [2.05, 4.69) is 5.16 Å². The van der Waals surface area contributed by atoms with Gasteiger partial charge >= 0.3 is 0 Å². The summed E-state index contributed by atoms with van der Waals surface area (Å²) in [5.41, 5.74) is 6.75. The highest BCUT2D eigenvalue weighted by Crippen LogP contribution is 2.07. The second-order valence-electron chi connectivity index (χ2n) is 4.39. The molecule has 0 saturated heterocycles. The van der Waals surface area contributed by atoms with Crippen LogP contribution in [-0.4, -0.2) is 15.6 Å². The number of aromatic nitrogens is 1. The molecular formula is C14H14FN3O2. The number of nitrogens with zero attached hydrogens (tertiary/aromatic N) is 2. The van der Waals surface area contributed by atoms with Crippen molar-refractivity contribution in [3.05, 3.63) is 69.4 Å². The smallest absolute Gasteiger partial charge is 0.262 e. The Morgan fingerprint density at radius 1 is 1.30 bits per heavy atom. The lowest BCUT2D eigenvalue weighted by atomic mass is 10.2. The Hall–Kier alpha value is -2.63. The second-order valence-corrected chi connectivity index (χ2v) is 4.39. The molecule has 0 fully saturated rings. The third-order valence-corrected chi connectivity index (χ3v) is 3.03. The normalized spacial score (nSPS) is 11.6. The topological polar surface area (TPSA) is 80.6 Å². The fourth-order valence-electron chi connectivity index (χ4n) is 1.89. The summed E-state index contributed by atoms with van der Waals surface area (Å²) in [4.78, 5) is 12.3. The summed E-state index contributed by atoms with van der Waals surface area (Å²) < 4.78 is 14.4. The molecule has 2 aromatic rings. The fourth-order valence-corrected chi connectivity index (χ4v) is 1.89. The Bertz CT molecular complexity index is 705. The number of aryl methyl sites for hydroxylation is 1. The number of rotatable bonds is 3. The van der Waals surface area contributed by atoms with Gasteiger partial charge in [-0.3, -0.25) is 4.79 Å². The summed E-state index contributed by atoms with van der Waals surface area (Å²) in [5.74, 6) is -0.564. The van der Waals surface area contributed by atoms with Crippen molar-refractivity contribution in [1.82, 2.24) is 4.57 Å². The molecule has 6 heteroatoms. The van der Waals surface area contributed by atoms with E-state index in [9.17, 15) is 9.18 Å². The molecule has 1 heterocycles. The van der Waals surface area contributed by atoms with Crippen molar-refractivity contribution in [2.75, 3.05) is 0 Å². The SMILES string of the molecule is Cc1ccc(/C(N)=N/O)c(=O)n1Cc1ccc(F)cc1. The molecule has 0 radical (unpaired) electrons. The fraction of sp³-hybridized carbons (Fsp3) is 0.143. The summed E-state index contributed by atoms with van der Waals surface area (Å²) in [7, 11) is 0. The van der Waals surface area contributed by atoms with E-state index in [-0.39, 0.29) is 29.3 Å². The molecule has 104 valence electrons. The van der Waals surface area contributed by atoms with E-state index in [1.54, 1.807) is 25.1 Å². The lowest BCUT2D eigenvalue weighted by molar-refractivity contribution is 0.318. The predicted octanol–water partition coefficient (Wildman–Crippen LogP) is 1.44. The highest BCUT2D eigenvalue weighted by molar-refractivity contribution is 5.96. The second kappa shape index (κ2) is 5.56. The zero-order valence-corrected chi connectivity index (χ0v) is 10.9. The first-order valence-corrected chi connectivity index (χ1v) is 5.95. The molecule has 5 nitrogen and oxygen atoms in total. The van der Waals surface area contributed by atoms with Crippen LogP contribution >= 0.6 is 0 Å². The van der Waals surface area contributed by atoms with Crippen LogP contribution in [0.25, 0.3) is 0 Å². The van der Waals surface area contributed by atoms with Crippen LogP contribution in [0.2, 0.25) is 0 Å². The molecular weight excluding hydrogens is 261 g/mol. The van der Waals surface area contributed by atoms with Gasteiger partial charge in [0.25, 0.3) is 5.56 Å². The van der Waals surface area contributed by atoms with Crippen LogP contribution < -0.4 is 11.3 Å². The van der Waals surface area contributed by atoms with Gasteiger partial charge < -0.3 is 15.5 Å². The molecule has 3 N–H and O–H groups in total. The van der Waals surface area contributed by atoms with Crippen molar-refractivity contribution in [3.63, 3.8) is 0 Å². The van der Waals surface area contributed by atoms with Crippen molar-refractivity contribution < 1.29 is 9.60 Å². The molecule has 0 aliphatic rings. The van der Waals surface area contributed by atoms with Gasteiger partial charge in [-0.15, -0.1) is 0 Å². The molecule has 2 rings (SSSR count). The van der Waals surface area contributed by atoms with Crippen molar-refractivity contribution in [3.8, 4) is 0 Å². The quantitative estimate of drug-likeness (QED) is 0.385. The van der Waals surface area contributed by atoms with Crippen LogP contribution in [-0.2, 0) is 6.54 Å². The zero-order valence-electron chi connectivity index (χ0n) is 10.9. The number of hydrogen-bond donors (Lipinski definition) is 2. The Labute approximate surface area is 114 Å². The van der Waals surface area contributed by atoms with Crippen LogP contribution in [0.4, 0.5) is 4.39 Å². The van der Waals surface area contributed by atoms with Gasteiger partial charge in [0.1, 0.15) is 5.82 Å². The zero-order chi connectivity index (χ0) is 14.7. The van der Waals surface area contributed by atoms with Crippen LogP contribution in [0.3, 0.4) is 0 Å². The molecule has 0 atom stereocenters. The predicted molar refractivity (Wildman–Crippen MR) is 73.5 cm³/mol. The van der Waals surface area contributed by atoms with Crippen LogP contribution in [0.1, 0.15) is 16.8 Å². The van der Waals surface area contributed by atoms with Gasteiger partial charge in [-0.1, -0.05) is 17.3 Å². The third-order valence-electron chi connectivity index (χ3n) is 3.03. The van der Waals surface area contributed by atoms with Crippen LogP contribution in [0.15, 0.2) is 46.3 Å². The molecule has 0 aliphatic carbocycles. The minimum Gasteiger partial charge on any atom is -0.409 e. The van der Waals surface area contributed by atoms with Crippen LogP contribution in [0.5, 0.6) is 0 Å². The summed E-state index contributed by atoms with van der Waals surface area (Å²) in [6.07, 6.45) is 0. The summed E-state index contributed by atoms with van der Waals surface area (Å²) in [6, 6.07) is 9.10. The van der Waals surface area contributed by atoms with Crippen molar-refractivity contribution in [1.29, 1.82) is 0 Å². The number of amidine groups is 1. The third kappa shape index (κ3) is 2.69. The number of benzene rings is 1. The van der Waals surface area contributed by atoms with Crippen molar-refractivity contribution >= 4 is 5.84 Å². The standard InChI is InChI=1S/C14H14FN3O2/c1-9-2-7-12(13(16)17-20)14(19)18(9)8-10-3-5-11(15)6-4-10/h2-7,20H,8H2,1H3,(H2,16,17). The van der Waals surface area contributed by atoms with E-state index in [4.69, 9.17) is 10.9 Å². The molecule has 0 spiro atoms. The Balaban J connectivity index is 2.46. The summed E-state index contributed by atoms with van der Waals surface area (Å²) >= 11 is 0. The van der Waals surface area contributed by atoms with Gasteiger partial charge in [0.05, 0.1) is 12.1 Å². The average molecular weight is 275 g/mol. The van der Waals surface area contributed by atoms with E-state index in [1.165, 1.54) is 22.8 Å². The Kier molecular flexibility index (Phi) is 3.84. The molecule has 0 saturated carbocycles. The molecule has 1 aromatic carbocycles. The average Bonchev–Trinajstić information content (AvgIpc) is 2.45. The van der Waals surface area contributed by atoms with E-state index in [0.29, 0.717) is 0 Å². The lowest BCUT2D eigenvalue weighted by Gasteiger charge is -2.11. The molecule has 0 bridgehead atoms. The van der Waals surface area contributed by atoms with Gasteiger partial charge in [0, 0.05) is 5.69 Å². The van der Waals surface area contributed by atoms with Gasteiger partial charge in [-0.05, 0) is 36.8 Å². The van der Waals surface area contributed by atoms with Crippen molar-refractivity contribution in [2.24, 2.45) is 10.9 Å². The van der Waals surface area contributed by atoms with E-state index in [0.717, 1.165) is 11.3 Å².